The number of benzene rings is 1. The van der Waals surface area contributed by atoms with Crippen LogP contribution in [0.2, 0.25) is 5.02 Å². The molecule has 0 amide bonds. The highest BCUT2D eigenvalue weighted by atomic mass is 35.5. The number of oxime groups is 1. The van der Waals surface area contributed by atoms with Crippen LogP contribution in [-0.4, -0.2) is 10.4 Å². The minimum atomic E-state index is 0.0571. The number of hydrogen-bond donors (Lipinski definition) is 1. The van der Waals surface area contributed by atoms with E-state index < -0.39 is 0 Å². The first-order valence-electron chi connectivity index (χ1n) is 2.87. The van der Waals surface area contributed by atoms with Gasteiger partial charge in [0.25, 0.3) is 0 Å². The Bertz CT molecular complexity index is 268. The van der Waals surface area contributed by atoms with E-state index in [9.17, 15) is 0 Å². The fourth-order valence-corrected chi connectivity index (χ4v) is 0.897. The summed E-state index contributed by atoms with van der Waals surface area (Å²) in [6.07, 6.45) is 0. The smallest absolute Gasteiger partial charge is 0.175 e. The van der Waals surface area contributed by atoms with E-state index in [1.807, 2.05) is 0 Å². The van der Waals surface area contributed by atoms with Crippen molar-refractivity contribution in [3.05, 3.63) is 34.9 Å². The zero-order chi connectivity index (χ0) is 8.27. The van der Waals surface area contributed by atoms with Crippen molar-refractivity contribution in [1.29, 1.82) is 0 Å². The largest absolute Gasteiger partial charge is 0.410 e. The van der Waals surface area contributed by atoms with Crippen LogP contribution in [0.5, 0.6) is 0 Å². The van der Waals surface area contributed by atoms with Crippen molar-refractivity contribution in [2.75, 3.05) is 0 Å². The van der Waals surface area contributed by atoms with Gasteiger partial charge in [-0.1, -0.05) is 40.5 Å². The number of halogens is 2. The highest BCUT2D eigenvalue weighted by Gasteiger charge is 1.98. The Hall–Kier alpha value is -0.730. The second-order valence-corrected chi connectivity index (χ2v) is 2.69. The van der Waals surface area contributed by atoms with Gasteiger partial charge in [0.2, 0.25) is 0 Å². The van der Waals surface area contributed by atoms with Crippen LogP contribution in [0.4, 0.5) is 0 Å². The average Bonchev–Trinajstić information content (AvgIpc) is 2.05. The molecule has 0 bridgehead atoms. The van der Waals surface area contributed by atoms with Crippen molar-refractivity contribution in [1.82, 2.24) is 0 Å². The van der Waals surface area contributed by atoms with Crippen molar-refractivity contribution in [2.24, 2.45) is 5.16 Å². The Kier molecular flexibility index (Phi) is 2.74. The van der Waals surface area contributed by atoms with E-state index in [0.717, 1.165) is 0 Å². The molecule has 0 radical (unpaired) electrons. The van der Waals surface area contributed by atoms with Crippen molar-refractivity contribution in [3.63, 3.8) is 0 Å². The van der Waals surface area contributed by atoms with Gasteiger partial charge < -0.3 is 5.21 Å². The predicted molar refractivity (Wildman–Crippen MR) is 45.6 cm³/mol. The van der Waals surface area contributed by atoms with E-state index >= 15 is 0 Å². The van der Waals surface area contributed by atoms with Crippen LogP contribution >= 0.6 is 23.2 Å². The van der Waals surface area contributed by atoms with Gasteiger partial charge in [-0.15, -0.1) is 0 Å². The monoisotopic (exact) mass is 189 g/mol. The lowest BCUT2D eigenvalue weighted by atomic mass is 10.2. The lowest BCUT2D eigenvalue weighted by molar-refractivity contribution is 0.321. The topological polar surface area (TPSA) is 32.6 Å². The van der Waals surface area contributed by atoms with Gasteiger partial charge in [-0.05, 0) is 12.1 Å². The molecule has 0 fully saturated rings. The Labute approximate surface area is 74.0 Å². The van der Waals surface area contributed by atoms with Crippen molar-refractivity contribution in [2.45, 2.75) is 0 Å². The Morgan fingerprint density at radius 3 is 2.27 bits per heavy atom. The third-order valence-electron chi connectivity index (χ3n) is 1.17. The molecular formula is C7H5Cl2NO. The first kappa shape index (κ1) is 8.37. The lowest BCUT2D eigenvalue weighted by Gasteiger charge is -1.94. The van der Waals surface area contributed by atoms with Crippen LogP contribution < -0.4 is 0 Å². The molecule has 0 atom stereocenters. The third-order valence-corrected chi connectivity index (χ3v) is 1.72. The maximum Gasteiger partial charge on any atom is 0.175 e. The molecule has 0 aliphatic rings. The molecule has 1 aromatic rings. The first-order valence-corrected chi connectivity index (χ1v) is 3.63. The van der Waals surface area contributed by atoms with Crippen LogP contribution in [-0.2, 0) is 0 Å². The van der Waals surface area contributed by atoms with Gasteiger partial charge in [0.1, 0.15) is 0 Å². The second-order valence-electron chi connectivity index (χ2n) is 1.90. The number of nitrogens with zero attached hydrogens (tertiary/aromatic N) is 1. The van der Waals surface area contributed by atoms with E-state index in [-0.39, 0.29) is 5.17 Å². The molecule has 58 valence electrons. The summed E-state index contributed by atoms with van der Waals surface area (Å²) < 4.78 is 0. The molecule has 1 aromatic carbocycles. The predicted octanol–water partition coefficient (Wildman–Crippen LogP) is 2.71. The van der Waals surface area contributed by atoms with E-state index in [1.54, 1.807) is 24.3 Å². The molecule has 0 heterocycles. The summed E-state index contributed by atoms with van der Waals surface area (Å²) in [4.78, 5) is 0. The average molecular weight is 190 g/mol. The van der Waals surface area contributed by atoms with Gasteiger partial charge in [0.05, 0.1) is 0 Å². The van der Waals surface area contributed by atoms with Crippen molar-refractivity contribution < 1.29 is 5.21 Å². The van der Waals surface area contributed by atoms with Gasteiger partial charge in [0.15, 0.2) is 5.17 Å². The van der Waals surface area contributed by atoms with Gasteiger partial charge >= 0.3 is 0 Å². The van der Waals surface area contributed by atoms with Crippen LogP contribution in [0.1, 0.15) is 5.56 Å². The molecule has 4 heteroatoms. The quantitative estimate of drug-likeness (QED) is 0.412. The summed E-state index contributed by atoms with van der Waals surface area (Å²) in [5, 5.41) is 11.8. The molecule has 0 aromatic heterocycles. The summed E-state index contributed by atoms with van der Waals surface area (Å²) in [5.74, 6) is 0. The normalized spacial score (nSPS) is 11.6. The van der Waals surface area contributed by atoms with E-state index in [2.05, 4.69) is 5.16 Å². The number of rotatable bonds is 1. The van der Waals surface area contributed by atoms with Crippen molar-refractivity contribution in [3.8, 4) is 0 Å². The molecule has 0 aliphatic carbocycles. The Morgan fingerprint density at radius 2 is 1.82 bits per heavy atom. The third kappa shape index (κ3) is 2.10. The van der Waals surface area contributed by atoms with Gasteiger partial charge in [-0.25, -0.2) is 0 Å². The summed E-state index contributed by atoms with van der Waals surface area (Å²) in [6, 6.07) is 6.68. The SMILES string of the molecule is O/N=C(/Cl)c1ccc(Cl)cc1. The van der Waals surface area contributed by atoms with Crippen LogP contribution in [0, 0.1) is 0 Å². The van der Waals surface area contributed by atoms with E-state index in [4.69, 9.17) is 28.4 Å². The molecular weight excluding hydrogens is 185 g/mol. The highest BCUT2D eigenvalue weighted by molar-refractivity contribution is 6.69. The molecule has 0 saturated carbocycles. The Morgan fingerprint density at radius 1 is 1.27 bits per heavy atom. The van der Waals surface area contributed by atoms with Crippen molar-refractivity contribution >= 4 is 28.4 Å². The minimum Gasteiger partial charge on any atom is -0.410 e. The second kappa shape index (κ2) is 3.60. The van der Waals surface area contributed by atoms with Gasteiger partial charge in [0, 0.05) is 10.6 Å². The highest BCUT2D eigenvalue weighted by Crippen LogP contribution is 2.11. The molecule has 11 heavy (non-hydrogen) atoms. The summed E-state index contributed by atoms with van der Waals surface area (Å²) in [7, 11) is 0. The van der Waals surface area contributed by atoms with Gasteiger partial charge in [-0.3, -0.25) is 0 Å². The Balaban J connectivity index is 2.99. The van der Waals surface area contributed by atoms with Crippen LogP contribution in [0.3, 0.4) is 0 Å². The zero-order valence-corrected chi connectivity index (χ0v) is 6.97. The molecule has 0 saturated heterocycles. The van der Waals surface area contributed by atoms with Gasteiger partial charge in [-0.2, -0.15) is 0 Å². The summed E-state index contributed by atoms with van der Waals surface area (Å²) >= 11 is 11.1. The van der Waals surface area contributed by atoms with E-state index in [1.165, 1.54) is 0 Å². The molecule has 2 nitrogen and oxygen atoms in total. The standard InChI is InChI=1S/C7H5Cl2NO/c8-6-3-1-5(2-4-6)7(9)10-11/h1-4,11H/b10-7+. The maximum absolute atomic E-state index is 8.28. The van der Waals surface area contributed by atoms with Crippen LogP contribution in [0.25, 0.3) is 0 Å². The molecule has 0 spiro atoms. The fourth-order valence-electron chi connectivity index (χ4n) is 0.645. The summed E-state index contributed by atoms with van der Waals surface area (Å²) in [6.45, 7) is 0. The molecule has 1 N–H and O–H groups in total. The fraction of sp³-hybridized carbons (Fsp3) is 0. The maximum atomic E-state index is 8.28. The number of hydrogen-bond acceptors (Lipinski definition) is 2. The van der Waals surface area contributed by atoms with E-state index in [0.29, 0.717) is 10.6 Å². The molecule has 1 rings (SSSR count). The van der Waals surface area contributed by atoms with Crippen LogP contribution in [0.15, 0.2) is 29.4 Å². The summed E-state index contributed by atoms with van der Waals surface area (Å²) in [5.41, 5.74) is 0.638. The lowest BCUT2D eigenvalue weighted by Crippen LogP contribution is -1.88. The molecule has 0 aliphatic heterocycles. The molecule has 0 unspecified atom stereocenters. The zero-order valence-electron chi connectivity index (χ0n) is 5.46. The first-order chi connectivity index (χ1) is 5.24. The minimum absolute atomic E-state index is 0.0571.